The molecule has 1 unspecified atom stereocenters. The minimum Gasteiger partial charge on any atom is -0.432 e. The molecule has 4 nitrogen and oxygen atoms in total. The zero-order valence-electron chi connectivity index (χ0n) is 11.2. The average Bonchev–Trinajstić information content (AvgIpc) is 2.56. The molecule has 22 heavy (non-hydrogen) atoms. The number of alkyl halides is 3. The number of ether oxygens (including phenoxy) is 1. The number of carbonyl (C=O) groups excluding carboxylic acids is 2. The van der Waals surface area contributed by atoms with Crippen molar-refractivity contribution in [3.63, 3.8) is 0 Å². The van der Waals surface area contributed by atoms with E-state index in [0.717, 1.165) is 6.92 Å². The van der Waals surface area contributed by atoms with Gasteiger partial charge in [0, 0.05) is 22.9 Å². The van der Waals surface area contributed by atoms with Gasteiger partial charge in [0.15, 0.2) is 5.60 Å². The van der Waals surface area contributed by atoms with Crippen LogP contribution in [0.1, 0.15) is 19.8 Å². The Labute approximate surface area is 133 Å². The van der Waals surface area contributed by atoms with E-state index in [-0.39, 0.29) is 15.7 Å². The highest BCUT2D eigenvalue weighted by atomic mass is 35.5. The van der Waals surface area contributed by atoms with E-state index in [4.69, 9.17) is 27.9 Å². The molecule has 1 heterocycles. The van der Waals surface area contributed by atoms with E-state index < -0.39 is 36.6 Å². The van der Waals surface area contributed by atoms with Gasteiger partial charge in [-0.1, -0.05) is 23.2 Å². The molecule has 0 saturated carbocycles. The second-order valence-electron chi connectivity index (χ2n) is 4.98. The van der Waals surface area contributed by atoms with Crippen LogP contribution in [0.25, 0.3) is 0 Å². The van der Waals surface area contributed by atoms with Crippen molar-refractivity contribution in [2.75, 3.05) is 4.90 Å². The van der Waals surface area contributed by atoms with Crippen LogP contribution in [0.2, 0.25) is 10.0 Å². The van der Waals surface area contributed by atoms with Crippen molar-refractivity contribution in [2.24, 2.45) is 0 Å². The Kier molecular flexibility index (Phi) is 4.32. The van der Waals surface area contributed by atoms with Gasteiger partial charge in [-0.2, -0.15) is 13.2 Å². The summed E-state index contributed by atoms with van der Waals surface area (Å²) in [6, 6.07) is 3.98. The Morgan fingerprint density at radius 3 is 2.23 bits per heavy atom. The van der Waals surface area contributed by atoms with Crippen molar-refractivity contribution < 1.29 is 27.5 Å². The number of rotatable bonds is 3. The maximum absolute atomic E-state index is 12.3. The molecule has 1 atom stereocenters. The fourth-order valence-corrected chi connectivity index (χ4v) is 2.55. The molecule has 1 aliphatic heterocycles. The molecule has 0 bridgehead atoms. The predicted octanol–water partition coefficient (Wildman–Crippen LogP) is 4.58. The number of anilines is 1. The molecule has 9 heteroatoms. The summed E-state index contributed by atoms with van der Waals surface area (Å²) in [7, 11) is 0. The van der Waals surface area contributed by atoms with E-state index in [1.165, 1.54) is 18.2 Å². The highest BCUT2D eigenvalue weighted by molar-refractivity contribution is 6.35. The van der Waals surface area contributed by atoms with Crippen LogP contribution in [0.5, 0.6) is 0 Å². The predicted molar refractivity (Wildman–Crippen MR) is 74.1 cm³/mol. The van der Waals surface area contributed by atoms with Gasteiger partial charge < -0.3 is 4.74 Å². The molecule has 0 radical (unpaired) electrons. The molecule has 0 aliphatic carbocycles. The molecule has 1 aromatic rings. The van der Waals surface area contributed by atoms with Gasteiger partial charge in [0.2, 0.25) is 0 Å². The summed E-state index contributed by atoms with van der Waals surface area (Å²) >= 11 is 11.6. The summed E-state index contributed by atoms with van der Waals surface area (Å²) in [5, 5.41) is 0.346. The average molecular weight is 356 g/mol. The fourth-order valence-electron chi connectivity index (χ4n) is 2.03. The van der Waals surface area contributed by atoms with Gasteiger partial charge in [-0.15, -0.1) is 0 Å². The molecular formula is C13H10Cl2F3NO3. The number of amides is 2. The lowest BCUT2D eigenvalue weighted by Gasteiger charge is -2.20. The van der Waals surface area contributed by atoms with Crippen LogP contribution in [0.4, 0.5) is 23.7 Å². The molecule has 120 valence electrons. The largest absolute Gasteiger partial charge is 0.432 e. The number of cyclic esters (lactones) is 1. The van der Waals surface area contributed by atoms with E-state index in [2.05, 4.69) is 0 Å². The van der Waals surface area contributed by atoms with Gasteiger partial charge >= 0.3 is 12.3 Å². The van der Waals surface area contributed by atoms with Crippen LogP contribution in [-0.2, 0) is 9.53 Å². The van der Waals surface area contributed by atoms with Gasteiger partial charge in [-0.05, 0) is 25.1 Å². The number of nitrogens with zero attached hydrogens (tertiary/aromatic N) is 1. The zero-order valence-corrected chi connectivity index (χ0v) is 12.7. The number of hydrogen-bond acceptors (Lipinski definition) is 3. The summed E-state index contributed by atoms with van der Waals surface area (Å²) in [5.74, 6) is -0.889. The SMILES string of the molecule is CC1(CCC(F)(F)F)OC(=O)N(c2cc(Cl)cc(Cl)c2)C1=O. The molecule has 1 saturated heterocycles. The van der Waals surface area contributed by atoms with Crippen molar-refractivity contribution in [3.8, 4) is 0 Å². The summed E-state index contributed by atoms with van der Waals surface area (Å²) in [6.45, 7) is 1.14. The standard InChI is InChI=1S/C13H10Cl2F3NO3/c1-12(2-3-13(16,17)18)10(20)19(11(21)22-12)9-5-7(14)4-8(15)6-9/h4-6H,2-3H2,1H3. The molecule has 2 rings (SSSR count). The van der Waals surface area contributed by atoms with Crippen molar-refractivity contribution in [3.05, 3.63) is 28.2 Å². The lowest BCUT2D eigenvalue weighted by atomic mass is 9.99. The van der Waals surface area contributed by atoms with Gasteiger partial charge in [0.25, 0.3) is 5.91 Å². The van der Waals surface area contributed by atoms with Gasteiger partial charge in [-0.3, -0.25) is 4.79 Å². The number of imide groups is 1. The first kappa shape index (κ1) is 16.9. The third-order valence-electron chi connectivity index (χ3n) is 3.14. The smallest absolute Gasteiger partial charge is 0.422 e. The quantitative estimate of drug-likeness (QED) is 0.797. The summed E-state index contributed by atoms with van der Waals surface area (Å²) in [4.78, 5) is 24.8. The van der Waals surface area contributed by atoms with E-state index in [0.29, 0.717) is 4.90 Å². The normalized spacial score (nSPS) is 22.2. The Morgan fingerprint density at radius 2 is 1.73 bits per heavy atom. The highest BCUT2D eigenvalue weighted by Crippen LogP contribution is 2.37. The third-order valence-corrected chi connectivity index (χ3v) is 3.58. The van der Waals surface area contributed by atoms with Crippen molar-refractivity contribution >= 4 is 40.9 Å². The maximum Gasteiger partial charge on any atom is 0.422 e. The third kappa shape index (κ3) is 3.47. The van der Waals surface area contributed by atoms with Gasteiger partial charge in [0.1, 0.15) is 0 Å². The monoisotopic (exact) mass is 355 g/mol. The first-order valence-electron chi connectivity index (χ1n) is 6.12. The molecular weight excluding hydrogens is 346 g/mol. The summed E-state index contributed by atoms with van der Waals surface area (Å²) in [5.41, 5.74) is -1.83. The Morgan fingerprint density at radius 1 is 1.18 bits per heavy atom. The maximum atomic E-state index is 12.3. The highest BCUT2D eigenvalue weighted by Gasteiger charge is 2.52. The lowest BCUT2D eigenvalue weighted by Crippen LogP contribution is -2.39. The minimum atomic E-state index is -4.46. The molecule has 0 N–H and O–H groups in total. The van der Waals surface area contributed by atoms with Crippen molar-refractivity contribution in [1.82, 2.24) is 0 Å². The molecule has 2 amide bonds. The number of carbonyl (C=O) groups is 2. The minimum absolute atomic E-state index is 0.0447. The van der Waals surface area contributed by atoms with Crippen LogP contribution in [-0.4, -0.2) is 23.8 Å². The molecule has 0 aromatic heterocycles. The number of hydrogen-bond donors (Lipinski definition) is 0. The first-order valence-corrected chi connectivity index (χ1v) is 6.88. The van der Waals surface area contributed by atoms with Crippen LogP contribution in [0.3, 0.4) is 0 Å². The fraction of sp³-hybridized carbons (Fsp3) is 0.385. The van der Waals surface area contributed by atoms with Gasteiger partial charge in [0.05, 0.1) is 5.69 Å². The van der Waals surface area contributed by atoms with E-state index in [1.54, 1.807) is 0 Å². The first-order chi connectivity index (χ1) is 10.0. The van der Waals surface area contributed by atoms with Crippen molar-refractivity contribution in [1.29, 1.82) is 0 Å². The molecule has 1 aromatic carbocycles. The Hall–Kier alpha value is -1.47. The van der Waals surface area contributed by atoms with Crippen LogP contribution >= 0.6 is 23.2 Å². The topological polar surface area (TPSA) is 46.6 Å². The molecule has 1 fully saturated rings. The zero-order chi connectivity index (χ0) is 16.7. The lowest BCUT2D eigenvalue weighted by molar-refractivity contribution is -0.149. The molecule has 1 aliphatic rings. The second-order valence-corrected chi connectivity index (χ2v) is 5.86. The Bertz CT molecular complexity index is 615. The van der Waals surface area contributed by atoms with Crippen LogP contribution in [0.15, 0.2) is 18.2 Å². The van der Waals surface area contributed by atoms with E-state index >= 15 is 0 Å². The molecule has 0 spiro atoms. The van der Waals surface area contributed by atoms with Crippen molar-refractivity contribution in [2.45, 2.75) is 31.5 Å². The number of halogens is 5. The summed E-state index contributed by atoms with van der Waals surface area (Å²) in [6.07, 6.45) is -7.42. The van der Waals surface area contributed by atoms with E-state index in [9.17, 15) is 22.8 Å². The van der Waals surface area contributed by atoms with Crippen LogP contribution in [0, 0.1) is 0 Å². The second kappa shape index (κ2) is 5.62. The summed E-state index contributed by atoms with van der Waals surface area (Å²) < 4.78 is 41.8. The van der Waals surface area contributed by atoms with E-state index in [1.807, 2.05) is 0 Å². The Balaban J connectivity index is 2.28. The van der Waals surface area contributed by atoms with Crippen LogP contribution < -0.4 is 4.90 Å². The number of benzene rings is 1. The van der Waals surface area contributed by atoms with Gasteiger partial charge in [-0.25, -0.2) is 9.69 Å².